The van der Waals surface area contributed by atoms with Crippen molar-refractivity contribution in [2.24, 2.45) is 0 Å². The first kappa shape index (κ1) is 43.0. The van der Waals surface area contributed by atoms with E-state index in [4.69, 9.17) is 25.5 Å². The minimum atomic E-state index is -0.954. The van der Waals surface area contributed by atoms with Gasteiger partial charge < -0.3 is 25.5 Å². The van der Waals surface area contributed by atoms with Crippen LogP contribution >= 0.6 is 0 Å². The predicted molar refractivity (Wildman–Crippen MR) is 167 cm³/mol. The third-order valence-corrected chi connectivity index (χ3v) is 6.57. The molecule has 0 atom stereocenters. The lowest BCUT2D eigenvalue weighted by atomic mass is 10.1. The van der Waals surface area contributed by atoms with E-state index >= 15 is 0 Å². The first-order valence-electron chi connectivity index (χ1n) is 16.3. The molecule has 0 radical (unpaired) electrons. The molecule has 0 fully saturated rings. The minimum absolute atomic E-state index is 0.332. The van der Waals surface area contributed by atoms with Crippen molar-refractivity contribution in [1.82, 2.24) is 0 Å². The van der Waals surface area contributed by atoms with Gasteiger partial charge in [0.15, 0.2) is 0 Å². The third-order valence-electron chi connectivity index (χ3n) is 6.57. The van der Waals surface area contributed by atoms with Crippen LogP contribution in [-0.4, -0.2) is 56.8 Å². The van der Waals surface area contributed by atoms with E-state index in [9.17, 15) is 9.59 Å². The number of hydrogen-bond donors (Lipinski definition) is 5. The topological polar surface area (TPSA) is 135 Å². The highest BCUT2D eigenvalue weighted by molar-refractivity contribution is 5.66. The number of aliphatic carboxylic acids is 2. The Bertz CT molecular complexity index is 519. The molecule has 0 aliphatic heterocycles. The molecule has 0 aliphatic carbocycles. The van der Waals surface area contributed by atoms with Crippen LogP contribution in [0.5, 0.6) is 0 Å². The number of rotatable bonds is 27. The van der Waals surface area contributed by atoms with E-state index in [2.05, 4.69) is 26.0 Å². The second kappa shape index (κ2) is 39.7. The van der Waals surface area contributed by atoms with Gasteiger partial charge >= 0.3 is 11.9 Å². The van der Waals surface area contributed by atoms with Gasteiger partial charge in [0.05, 0.1) is 13.2 Å². The van der Waals surface area contributed by atoms with Gasteiger partial charge in [-0.15, -0.1) is 0 Å². The average Bonchev–Trinajstić information content (AvgIpc) is 2.94. The fourth-order valence-corrected chi connectivity index (χ4v) is 3.99. The molecule has 240 valence electrons. The Balaban J connectivity index is -0.000000591. The number of aliphatic hydroxyl groups is 3. The van der Waals surface area contributed by atoms with E-state index < -0.39 is 18.0 Å². The Labute approximate surface area is 246 Å². The summed E-state index contributed by atoms with van der Waals surface area (Å²) < 4.78 is 0. The van der Waals surface area contributed by atoms with Gasteiger partial charge in [-0.25, -0.2) is 0 Å². The normalized spacial score (nSPS) is 10.8. The quantitative estimate of drug-likeness (QED) is 0.0490. The maximum atomic E-state index is 10.3. The van der Waals surface area contributed by atoms with E-state index in [1.54, 1.807) is 0 Å². The first-order valence-corrected chi connectivity index (χ1v) is 16.3. The van der Waals surface area contributed by atoms with E-state index in [0.717, 1.165) is 25.7 Å². The third kappa shape index (κ3) is 49.5. The van der Waals surface area contributed by atoms with Crippen molar-refractivity contribution >= 4 is 11.9 Å². The smallest absolute Gasteiger partial charge is 0.303 e. The van der Waals surface area contributed by atoms with Crippen molar-refractivity contribution in [2.75, 3.05) is 13.2 Å². The second-order valence-electron chi connectivity index (χ2n) is 10.7. The summed E-state index contributed by atoms with van der Waals surface area (Å²) in [7, 11) is 0. The lowest BCUT2D eigenvalue weighted by Crippen LogP contribution is -2.15. The van der Waals surface area contributed by atoms with E-state index in [1.165, 1.54) is 116 Å². The van der Waals surface area contributed by atoms with Gasteiger partial charge in [0.1, 0.15) is 6.10 Å². The Kier molecular flexibility index (Phi) is 42.7. The summed E-state index contributed by atoms with van der Waals surface area (Å²) in [4.78, 5) is 20.5. The van der Waals surface area contributed by atoms with E-state index in [-0.39, 0.29) is 13.2 Å². The minimum Gasteiger partial charge on any atom is -0.481 e. The molecule has 0 bridgehead atoms. The molecule has 0 aromatic carbocycles. The number of unbranched alkanes of at least 4 members (excludes halogenated alkanes) is 19. The maximum absolute atomic E-state index is 10.3. The monoisotopic (exact) mass is 574 g/mol. The van der Waals surface area contributed by atoms with Gasteiger partial charge in [-0.1, -0.05) is 129 Å². The highest BCUT2D eigenvalue weighted by Gasteiger charge is 1.97. The van der Waals surface area contributed by atoms with Crippen LogP contribution in [0.25, 0.3) is 0 Å². The van der Waals surface area contributed by atoms with Crippen LogP contribution < -0.4 is 0 Å². The zero-order valence-corrected chi connectivity index (χ0v) is 26.2. The molecule has 0 rings (SSSR count). The van der Waals surface area contributed by atoms with Crippen LogP contribution in [0.1, 0.15) is 168 Å². The van der Waals surface area contributed by atoms with Crippen molar-refractivity contribution in [2.45, 2.75) is 174 Å². The summed E-state index contributed by atoms with van der Waals surface area (Å²) in [6.45, 7) is 3.76. The lowest BCUT2D eigenvalue weighted by Gasteiger charge is -2.00. The van der Waals surface area contributed by atoms with Crippen LogP contribution in [0.4, 0.5) is 0 Å². The highest BCUT2D eigenvalue weighted by atomic mass is 16.4. The predicted octanol–water partition coefficient (Wildman–Crippen LogP) is 8.43. The van der Waals surface area contributed by atoms with Crippen molar-refractivity contribution in [3.63, 3.8) is 0 Å². The summed E-state index contributed by atoms with van der Waals surface area (Å²) in [5.41, 5.74) is 0. The molecule has 0 aliphatic rings. The van der Waals surface area contributed by atoms with Crippen LogP contribution in [0, 0.1) is 0 Å². The zero-order valence-electron chi connectivity index (χ0n) is 26.2. The molecule has 0 spiro atoms. The van der Waals surface area contributed by atoms with Gasteiger partial charge in [-0.2, -0.15) is 0 Å². The molecule has 40 heavy (non-hydrogen) atoms. The average molecular weight is 575 g/mol. The molecule has 0 heterocycles. The van der Waals surface area contributed by atoms with Gasteiger partial charge in [0.25, 0.3) is 0 Å². The fourth-order valence-electron chi connectivity index (χ4n) is 3.99. The summed E-state index contributed by atoms with van der Waals surface area (Å²) >= 11 is 0. The molecule has 5 N–H and O–H groups in total. The highest BCUT2D eigenvalue weighted by Crippen LogP contribution is 2.11. The van der Waals surface area contributed by atoms with Gasteiger partial charge in [-0.05, 0) is 38.5 Å². The zero-order chi connectivity index (χ0) is 30.5. The van der Waals surface area contributed by atoms with Crippen molar-refractivity contribution in [1.29, 1.82) is 0 Å². The van der Waals surface area contributed by atoms with Crippen LogP contribution in [0.2, 0.25) is 0 Å². The number of hydrogen-bond acceptors (Lipinski definition) is 5. The molecular formula is C33H66O7. The molecular weight excluding hydrogens is 508 g/mol. The summed E-state index contributed by atoms with van der Waals surface area (Å²) in [6, 6.07) is 0. The van der Waals surface area contributed by atoms with Crippen molar-refractivity contribution in [3.05, 3.63) is 12.2 Å². The molecule has 0 saturated heterocycles. The lowest BCUT2D eigenvalue weighted by molar-refractivity contribution is -0.138. The van der Waals surface area contributed by atoms with Crippen molar-refractivity contribution in [3.8, 4) is 0 Å². The van der Waals surface area contributed by atoms with Gasteiger partial charge in [0, 0.05) is 12.8 Å². The number of carbonyl (C=O) groups is 2. The van der Waals surface area contributed by atoms with Crippen molar-refractivity contribution < 1.29 is 35.1 Å². The number of aliphatic hydroxyl groups excluding tert-OH is 3. The maximum Gasteiger partial charge on any atom is 0.303 e. The van der Waals surface area contributed by atoms with E-state index in [1.807, 2.05) is 0 Å². The van der Waals surface area contributed by atoms with Gasteiger partial charge in [0.2, 0.25) is 0 Å². The number of allylic oxidation sites excluding steroid dienone is 2. The molecule has 7 nitrogen and oxygen atoms in total. The molecule has 0 aromatic rings. The summed E-state index contributed by atoms with van der Waals surface area (Å²) in [5, 5.41) is 40.9. The molecule has 0 saturated carbocycles. The standard InChI is InChI=1S/C18H34O2.C12H24O2.C3H8O3/c1-2-3-4-5-6-7-8-9-10-11-12-13-14-15-16-17-18(19)20;1-2-3-4-5-6-7-8-9-10-11-12(13)14;4-1-3(6)2-5/h9-10H,2-8,11-17H2,1H3,(H,19,20);2-11H2,1H3,(H,13,14);3-6H,1-2H2. The summed E-state index contributed by atoms with van der Waals surface area (Å²) in [5.74, 6) is -1.32. The second-order valence-corrected chi connectivity index (χ2v) is 10.7. The van der Waals surface area contributed by atoms with E-state index in [0.29, 0.717) is 12.8 Å². The SMILES string of the molecule is CCCCCCCCC=CCCCCCCCC(=O)O.CCCCCCCCCCCC(=O)O.OCC(O)CO. The molecule has 7 heteroatoms. The number of carboxylic acids is 2. The van der Waals surface area contributed by atoms with Crippen LogP contribution in [0.3, 0.4) is 0 Å². The molecule has 0 amide bonds. The summed E-state index contributed by atoms with van der Waals surface area (Å²) in [6.07, 6.45) is 31.8. The fraction of sp³-hybridized carbons (Fsp3) is 0.879. The Morgan fingerprint density at radius 1 is 0.500 bits per heavy atom. The number of carboxylic acid groups (broad SMARTS) is 2. The Morgan fingerprint density at radius 2 is 0.775 bits per heavy atom. The van der Waals surface area contributed by atoms with Crippen LogP contribution in [-0.2, 0) is 9.59 Å². The Hall–Kier alpha value is -1.44. The first-order chi connectivity index (χ1) is 19.3. The van der Waals surface area contributed by atoms with Gasteiger partial charge in [-0.3, -0.25) is 9.59 Å². The largest absolute Gasteiger partial charge is 0.481 e. The molecule has 0 aromatic heterocycles. The van der Waals surface area contributed by atoms with Crippen LogP contribution in [0.15, 0.2) is 12.2 Å². The molecule has 0 unspecified atom stereocenters. The Morgan fingerprint density at radius 3 is 1.02 bits per heavy atom.